The molecule has 0 bridgehead atoms. The van der Waals surface area contributed by atoms with E-state index in [2.05, 4.69) is 16.6 Å². The van der Waals surface area contributed by atoms with Crippen LogP contribution in [0.4, 0.5) is 0 Å². The summed E-state index contributed by atoms with van der Waals surface area (Å²) in [5.41, 5.74) is 1.12. The maximum atomic E-state index is 13.2. The molecular weight excluding hydrogens is 344 g/mol. The van der Waals surface area contributed by atoms with E-state index in [0.29, 0.717) is 18.9 Å². The third-order valence-corrected chi connectivity index (χ3v) is 4.52. The van der Waals surface area contributed by atoms with Gasteiger partial charge in [0.05, 0.1) is 19.6 Å². The Labute approximate surface area is 160 Å². The minimum absolute atomic E-state index is 0.0534. The summed E-state index contributed by atoms with van der Waals surface area (Å²) in [4.78, 5) is 30.7. The molecule has 1 aromatic heterocycles. The lowest BCUT2D eigenvalue weighted by molar-refractivity contribution is -0.134. The van der Waals surface area contributed by atoms with Crippen molar-refractivity contribution in [3.8, 4) is 0 Å². The maximum Gasteiger partial charge on any atom is 0.360 e. The number of nitrogens with zero attached hydrogens (tertiary/aromatic N) is 2. The van der Waals surface area contributed by atoms with Gasteiger partial charge in [-0.2, -0.15) is 0 Å². The van der Waals surface area contributed by atoms with Crippen LogP contribution in [0.15, 0.2) is 41.0 Å². The molecule has 1 atom stereocenters. The molecule has 0 saturated carbocycles. The van der Waals surface area contributed by atoms with E-state index in [1.807, 2.05) is 37.3 Å². The van der Waals surface area contributed by atoms with Crippen LogP contribution in [0, 0.1) is 0 Å². The van der Waals surface area contributed by atoms with Gasteiger partial charge < -0.3 is 14.1 Å². The first kappa shape index (κ1) is 20.7. The number of hydrogen-bond donors (Lipinski definition) is 0. The van der Waals surface area contributed by atoms with Crippen molar-refractivity contribution in [2.45, 2.75) is 52.0 Å². The zero-order valence-electron chi connectivity index (χ0n) is 16.3. The van der Waals surface area contributed by atoms with Crippen LogP contribution in [-0.4, -0.2) is 35.4 Å². The van der Waals surface area contributed by atoms with Gasteiger partial charge in [0, 0.05) is 6.54 Å². The monoisotopic (exact) mass is 372 g/mol. The number of methoxy groups -OCH3 is 1. The number of carbonyl (C=O) groups is 2. The van der Waals surface area contributed by atoms with Crippen molar-refractivity contribution in [3.63, 3.8) is 0 Å². The quantitative estimate of drug-likeness (QED) is 0.462. The molecular formula is C21H28N2O4. The molecule has 0 spiro atoms. The average Bonchev–Trinajstić information content (AvgIpc) is 3.16. The summed E-state index contributed by atoms with van der Waals surface area (Å²) in [5.74, 6) is -0.367. The predicted octanol–water partition coefficient (Wildman–Crippen LogP) is 4.17. The van der Waals surface area contributed by atoms with Gasteiger partial charge in [-0.3, -0.25) is 4.79 Å². The highest BCUT2D eigenvalue weighted by molar-refractivity contribution is 5.86. The Morgan fingerprint density at radius 3 is 2.56 bits per heavy atom. The summed E-state index contributed by atoms with van der Waals surface area (Å²) in [7, 11) is 1.29. The first-order valence-corrected chi connectivity index (χ1v) is 9.47. The van der Waals surface area contributed by atoms with Crippen LogP contribution >= 0.6 is 0 Å². The van der Waals surface area contributed by atoms with Crippen LogP contribution in [0.3, 0.4) is 0 Å². The number of oxazole rings is 1. The van der Waals surface area contributed by atoms with Crippen LogP contribution in [0.25, 0.3) is 0 Å². The summed E-state index contributed by atoms with van der Waals surface area (Å²) in [6.45, 7) is 5.01. The SMILES string of the molecule is CCCCCN(Cc1nc(C(=O)OC)co1)C(=O)C(CC)c1ccccc1. The second kappa shape index (κ2) is 10.5. The zero-order valence-corrected chi connectivity index (χ0v) is 16.3. The van der Waals surface area contributed by atoms with Crippen molar-refractivity contribution in [2.75, 3.05) is 13.7 Å². The van der Waals surface area contributed by atoms with Crippen LogP contribution in [0.5, 0.6) is 0 Å². The van der Waals surface area contributed by atoms with Crippen molar-refractivity contribution in [1.29, 1.82) is 0 Å². The van der Waals surface area contributed by atoms with E-state index in [1.54, 1.807) is 4.90 Å². The standard InChI is InChI=1S/C21H28N2O4/c1-4-6-10-13-23(14-19-22-18(15-27-19)21(25)26-3)20(24)17(5-2)16-11-8-7-9-12-16/h7-9,11-12,15,17H,4-6,10,13-14H2,1-3H3. The fourth-order valence-electron chi connectivity index (χ4n) is 3.02. The van der Waals surface area contributed by atoms with Crippen LogP contribution in [0.1, 0.15) is 67.4 Å². The van der Waals surface area contributed by atoms with Gasteiger partial charge in [-0.05, 0) is 18.4 Å². The number of hydrogen-bond acceptors (Lipinski definition) is 5. The highest BCUT2D eigenvalue weighted by atomic mass is 16.5. The Hall–Kier alpha value is -2.63. The Balaban J connectivity index is 2.18. The van der Waals surface area contributed by atoms with Crippen molar-refractivity contribution in [3.05, 3.63) is 53.7 Å². The average molecular weight is 372 g/mol. The maximum absolute atomic E-state index is 13.2. The van der Waals surface area contributed by atoms with E-state index < -0.39 is 5.97 Å². The molecule has 1 amide bonds. The molecule has 0 radical (unpaired) electrons. The molecule has 0 aliphatic carbocycles. The minimum Gasteiger partial charge on any atom is -0.464 e. The fraction of sp³-hybridized carbons (Fsp3) is 0.476. The van der Waals surface area contributed by atoms with Crippen molar-refractivity contribution in [2.24, 2.45) is 0 Å². The van der Waals surface area contributed by atoms with Crippen LogP contribution < -0.4 is 0 Å². The lowest BCUT2D eigenvalue weighted by Gasteiger charge is -2.26. The zero-order chi connectivity index (χ0) is 19.6. The van der Waals surface area contributed by atoms with E-state index in [0.717, 1.165) is 24.8 Å². The first-order chi connectivity index (χ1) is 13.1. The second-order valence-corrected chi connectivity index (χ2v) is 6.46. The number of esters is 1. The predicted molar refractivity (Wildman–Crippen MR) is 102 cm³/mol. The molecule has 2 aromatic rings. The number of unbranched alkanes of at least 4 members (excludes halogenated alkanes) is 2. The molecule has 27 heavy (non-hydrogen) atoms. The molecule has 0 aliphatic heterocycles. The number of carbonyl (C=O) groups excluding carboxylic acids is 2. The van der Waals surface area contributed by atoms with E-state index in [4.69, 9.17) is 4.42 Å². The summed E-state index contributed by atoms with van der Waals surface area (Å²) < 4.78 is 10.0. The Bertz CT molecular complexity index is 727. The number of amides is 1. The molecule has 0 fully saturated rings. The Morgan fingerprint density at radius 1 is 1.19 bits per heavy atom. The molecule has 0 saturated heterocycles. The Morgan fingerprint density at radius 2 is 1.93 bits per heavy atom. The molecule has 1 unspecified atom stereocenters. The lowest BCUT2D eigenvalue weighted by atomic mass is 9.95. The van der Waals surface area contributed by atoms with Gasteiger partial charge in [0.1, 0.15) is 6.26 Å². The highest BCUT2D eigenvalue weighted by Crippen LogP contribution is 2.23. The van der Waals surface area contributed by atoms with Gasteiger partial charge >= 0.3 is 5.97 Å². The normalized spacial score (nSPS) is 11.8. The highest BCUT2D eigenvalue weighted by Gasteiger charge is 2.26. The van der Waals surface area contributed by atoms with Gasteiger partial charge in [0.15, 0.2) is 5.69 Å². The molecule has 1 heterocycles. The van der Waals surface area contributed by atoms with Crippen molar-refractivity contribution in [1.82, 2.24) is 9.88 Å². The largest absolute Gasteiger partial charge is 0.464 e. The first-order valence-electron chi connectivity index (χ1n) is 9.47. The number of benzene rings is 1. The van der Waals surface area contributed by atoms with Gasteiger partial charge in [0.2, 0.25) is 11.8 Å². The summed E-state index contributed by atoms with van der Waals surface area (Å²) in [5, 5.41) is 0. The van der Waals surface area contributed by atoms with Crippen LogP contribution in [0.2, 0.25) is 0 Å². The molecule has 0 aliphatic rings. The fourth-order valence-corrected chi connectivity index (χ4v) is 3.02. The molecule has 0 N–H and O–H groups in total. The Kier molecular flexibility index (Phi) is 8.04. The van der Waals surface area contributed by atoms with E-state index in [9.17, 15) is 9.59 Å². The van der Waals surface area contributed by atoms with E-state index in [-0.39, 0.29) is 24.1 Å². The van der Waals surface area contributed by atoms with Crippen LogP contribution in [-0.2, 0) is 16.1 Å². The molecule has 146 valence electrons. The number of rotatable bonds is 10. The van der Waals surface area contributed by atoms with Gasteiger partial charge in [-0.15, -0.1) is 0 Å². The number of aromatic nitrogens is 1. The van der Waals surface area contributed by atoms with Gasteiger partial charge in [-0.1, -0.05) is 57.0 Å². The van der Waals surface area contributed by atoms with Gasteiger partial charge in [0.25, 0.3) is 0 Å². The molecule has 1 aromatic carbocycles. The van der Waals surface area contributed by atoms with Crippen molar-refractivity contribution >= 4 is 11.9 Å². The summed E-state index contributed by atoms with van der Waals surface area (Å²) >= 11 is 0. The third kappa shape index (κ3) is 5.67. The third-order valence-electron chi connectivity index (χ3n) is 4.52. The molecule has 2 rings (SSSR count). The second-order valence-electron chi connectivity index (χ2n) is 6.46. The number of ether oxygens (including phenoxy) is 1. The van der Waals surface area contributed by atoms with E-state index in [1.165, 1.54) is 13.4 Å². The summed E-state index contributed by atoms with van der Waals surface area (Å²) in [6, 6.07) is 9.81. The smallest absolute Gasteiger partial charge is 0.360 e. The molecule has 6 heteroatoms. The minimum atomic E-state index is -0.551. The van der Waals surface area contributed by atoms with Gasteiger partial charge in [-0.25, -0.2) is 9.78 Å². The topological polar surface area (TPSA) is 72.6 Å². The van der Waals surface area contributed by atoms with Crippen molar-refractivity contribution < 1.29 is 18.7 Å². The van der Waals surface area contributed by atoms with E-state index >= 15 is 0 Å². The summed E-state index contributed by atoms with van der Waals surface area (Å²) in [6.07, 6.45) is 5.02. The lowest BCUT2D eigenvalue weighted by Crippen LogP contribution is -2.35. The molecule has 6 nitrogen and oxygen atoms in total.